The van der Waals surface area contributed by atoms with Crippen molar-refractivity contribution in [1.29, 1.82) is 0 Å². The van der Waals surface area contributed by atoms with E-state index in [9.17, 15) is 19.5 Å². The van der Waals surface area contributed by atoms with Crippen molar-refractivity contribution in [3.05, 3.63) is 0 Å². The average molecular weight is 339 g/mol. The Kier molecular flexibility index (Phi) is 5.05. The number of carbonyl (C=O) groups excluding carboxylic acids is 2. The zero-order valence-electron chi connectivity index (χ0n) is 13.8. The third-order valence-electron chi connectivity index (χ3n) is 5.50. The number of carbonyl (C=O) groups is 3. The zero-order valence-corrected chi connectivity index (χ0v) is 13.8. The van der Waals surface area contributed by atoms with Gasteiger partial charge >= 0.3 is 5.97 Å². The molecule has 8 nitrogen and oxygen atoms in total. The highest BCUT2D eigenvalue weighted by molar-refractivity contribution is 5.88. The smallest absolute Gasteiger partial charge is 0.309 e. The van der Waals surface area contributed by atoms with E-state index in [2.05, 4.69) is 10.2 Å². The van der Waals surface area contributed by atoms with Gasteiger partial charge in [0.05, 0.1) is 24.7 Å². The van der Waals surface area contributed by atoms with Crippen LogP contribution in [0.3, 0.4) is 0 Å². The summed E-state index contributed by atoms with van der Waals surface area (Å²) < 4.78 is 5.29. The standard InChI is InChI=1S/C16H25N3O5/c20-13-11-12(15(22)23)16(17-13)2-5-19(6-3-16)14(21)1-4-18-7-9-24-10-8-18/h12H,1-11H2,(H,17,20)(H,22,23). The van der Waals surface area contributed by atoms with E-state index in [1.54, 1.807) is 4.90 Å². The number of nitrogens with zero attached hydrogens (tertiary/aromatic N) is 2. The van der Waals surface area contributed by atoms with Gasteiger partial charge in [0.1, 0.15) is 0 Å². The molecule has 3 fully saturated rings. The monoisotopic (exact) mass is 339 g/mol. The van der Waals surface area contributed by atoms with Crippen LogP contribution < -0.4 is 5.32 Å². The fourth-order valence-corrected chi connectivity index (χ4v) is 3.99. The second-order valence-electron chi connectivity index (χ2n) is 6.88. The number of carboxylic acids is 1. The van der Waals surface area contributed by atoms with Crippen molar-refractivity contribution in [2.45, 2.75) is 31.2 Å². The SMILES string of the molecule is O=C1CC(C(=O)O)C2(CCN(C(=O)CCN3CCOCC3)CC2)N1. The first-order chi connectivity index (χ1) is 11.5. The van der Waals surface area contributed by atoms with Crippen LogP contribution in [-0.4, -0.2) is 84.2 Å². The molecule has 3 aliphatic heterocycles. The number of carboxylic acid groups (broad SMARTS) is 1. The third kappa shape index (κ3) is 3.54. The Labute approximate surface area is 141 Å². The van der Waals surface area contributed by atoms with Gasteiger partial charge in [-0.25, -0.2) is 0 Å². The van der Waals surface area contributed by atoms with Gasteiger partial charge in [0, 0.05) is 45.6 Å². The molecule has 8 heteroatoms. The van der Waals surface area contributed by atoms with Crippen LogP contribution >= 0.6 is 0 Å². The van der Waals surface area contributed by atoms with Crippen LogP contribution in [0.1, 0.15) is 25.7 Å². The molecule has 0 radical (unpaired) electrons. The number of hydrogen-bond acceptors (Lipinski definition) is 5. The van der Waals surface area contributed by atoms with E-state index in [0.29, 0.717) is 32.4 Å². The summed E-state index contributed by atoms with van der Waals surface area (Å²) in [6.07, 6.45) is 1.54. The molecule has 0 saturated carbocycles. The van der Waals surface area contributed by atoms with Crippen molar-refractivity contribution in [2.75, 3.05) is 45.9 Å². The van der Waals surface area contributed by atoms with E-state index < -0.39 is 17.4 Å². The Morgan fingerprint density at radius 3 is 2.50 bits per heavy atom. The molecule has 1 unspecified atom stereocenters. The highest BCUT2D eigenvalue weighted by atomic mass is 16.5. The quantitative estimate of drug-likeness (QED) is 0.702. The third-order valence-corrected chi connectivity index (χ3v) is 5.50. The molecular formula is C16H25N3O5. The molecule has 1 atom stereocenters. The number of hydrogen-bond donors (Lipinski definition) is 2. The predicted octanol–water partition coefficient (Wildman–Crippen LogP) is -0.709. The van der Waals surface area contributed by atoms with Gasteiger partial charge < -0.3 is 20.1 Å². The molecule has 2 N–H and O–H groups in total. The topological polar surface area (TPSA) is 99.2 Å². The lowest BCUT2D eigenvalue weighted by atomic mass is 9.77. The first-order valence-corrected chi connectivity index (χ1v) is 8.62. The maximum atomic E-state index is 12.4. The van der Waals surface area contributed by atoms with Gasteiger partial charge in [-0.2, -0.15) is 0 Å². The molecule has 3 heterocycles. The van der Waals surface area contributed by atoms with Crippen molar-refractivity contribution in [2.24, 2.45) is 5.92 Å². The van der Waals surface area contributed by atoms with Crippen LogP contribution in [0.25, 0.3) is 0 Å². The molecular weight excluding hydrogens is 314 g/mol. The number of aliphatic carboxylic acids is 1. The maximum Gasteiger partial charge on any atom is 0.309 e. The van der Waals surface area contributed by atoms with Gasteiger partial charge in [-0.3, -0.25) is 19.3 Å². The van der Waals surface area contributed by atoms with Gasteiger partial charge in [0.2, 0.25) is 11.8 Å². The highest BCUT2D eigenvalue weighted by Crippen LogP contribution is 2.37. The van der Waals surface area contributed by atoms with E-state index in [1.165, 1.54) is 0 Å². The van der Waals surface area contributed by atoms with Crippen LogP contribution in [0.5, 0.6) is 0 Å². The fraction of sp³-hybridized carbons (Fsp3) is 0.812. The number of ether oxygens (including phenoxy) is 1. The van der Waals surface area contributed by atoms with Crippen LogP contribution in [0.4, 0.5) is 0 Å². The normalized spacial score (nSPS) is 27.2. The molecule has 0 aromatic heterocycles. The minimum absolute atomic E-state index is 0.0420. The van der Waals surface area contributed by atoms with Gasteiger partial charge in [-0.1, -0.05) is 0 Å². The summed E-state index contributed by atoms with van der Waals surface area (Å²) in [5.74, 6) is -1.71. The number of piperidine rings is 1. The molecule has 24 heavy (non-hydrogen) atoms. The Bertz CT molecular complexity index is 510. The second kappa shape index (κ2) is 7.06. The van der Waals surface area contributed by atoms with E-state index in [4.69, 9.17) is 4.74 Å². The molecule has 3 rings (SSSR count). The average Bonchev–Trinajstić information content (AvgIpc) is 2.90. The van der Waals surface area contributed by atoms with Crippen molar-refractivity contribution >= 4 is 17.8 Å². The molecule has 3 saturated heterocycles. The van der Waals surface area contributed by atoms with Crippen molar-refractivity contribution < 1.29 is 24.2 Å². The molecule has 0 aliphatic carbocycles. The lowest BCUT2D eigenvalue weighted by molar-refractivity contribution is -0.145. The summed E-state index contributed by atoms with van der Waals surface area (Å²) in [7, 11) is 0. The van der Waals surface area contributed by atoms with Crippen LogP contribution in [-0.2, 0) is 19.1 Å². The van der Waals surface area contributed by atoms with Crippen LogP contribution in [0.2, 0.25) is 0 Å². The molecule has 0 aromatic carbocycles. The van der Waals surface area contributed by atoms with Crippen molar-refractivity contribution in [3.8, 4) is 0 Å². The van der Waals surface area contributed by atoms with E-state index in [0.717, 1.165) is 32.8 Å². The van der Waals surface area contributed by atoms with E-state index in [1.807, 2.05) is 0 Å². The zero-order chi connectivity index (χ0) is 17.2. The molecule has 3 aliphatic rings. The Morgan fingerprint density at radius 1 is 1.21 bits per heavy atom. The van der Waals surface area contributed by atoms with Gasteiger partial charge in [-0.05, 0) is 12.8 Å². The minimum atomic E-state index is -0.930. The van der Waals surface area contributed by atoms with Crippen LogP contribution in [0, 0.1) is 5.92 Å². The number of amides is 2. The lowest BCUT2D eigenvalue weighted by Crippen LogP contribution is -2.56. The number of nitrogens with one attached hydrogen (secondary N) is 1. The van der Waals surface area contributed by atoms with E-state index >= 15 is 0 Å². The highest BCUT2D eigenvalue weighted by Gasteiger charge is 2.51. The first-order valence-electron chi connectivity index (χ1n) is 8.62. The van der Waals surface area contributed by atoms with Crippen molar-refractivity contribution in [3.63, 3.8) is 0 Å². The molecule has 134 valence electrons. The van der Waals surface area contributed by atoms with Crippen LogP contribution in [0.15, 0.2) is 0 Å². The first kappa shape index (κ1) is 17.2. The largest absolute Gasteiger partial charge is 0.481 e. The summed E-state index contributed by atoms with van der Waals surface area (Å²) in [6.45, 7) is 4.91. The minimum Gasteiger partial charge on any atom is -0.481 e. The number of likely N-dealkylation sites (tertiary alicyclic amines) is 1. The Hall–Kier alpha value is -1.67. The van der Waals surface area contributed by atoms with Gasteiger partial charge in [-0.15, -0.1) is 0 Å². The molecule has 0 bridgehead atoms. The molecule has 0 aromatic rings. The number of morpholine rings is 1. The second-order valence-corrected chi connectivity index (χ2v) is 6.88. The maximum absolute atomic E-state index is 12.4. The molecule has 2 amide bonds. The Balaban J connectivity index is 1.50. The summed E-state index contributed by atoms with van der Waals surface area (Å²) in [6, 6.07) is 0. The number of rotatable bonds is 4. The summed E-state index contributed by atoms with van der Waals surface area (Å²) >= 11 is 0. The summed E-state index contributed by atoms with van der Waals surface area (Å²) in [5, 5.41) is 12.2. The van der Waals surface area contributed by atoms with Crippen molar-refractivity contribution in [1.82, 2.24) is 15.1 Å². The molecule has 1 spiro atoms. The van der Waals surface area contributed by atoms with E-state index in [-0.39, 0.29) is 18.2 Å². The van der Waals surface area contributed by atoms with Gasteiger partial charge in [0.15, 0.2) is 0 Å². The summed E-state index contributed by atoms with van der Waals surface area (Å²) in [5.41, 5.74) is -0.677. The lowest BCUT2D eigenvalue weighted by Gasteiger charge is -2.41. The predicted molar refractivity (Wildman–Crippen MR) is 84.3 cm³/mol. The van der Waals surface area contributed by atoms with Gasteiger partial charge in [0.25, 0.3) is 0 Å². The summed E-state index contributed by atoms with van der Waals surface area (Å²) in [4.78, 5) is 39.5. The Morgan fingerprint density at radius 2 is 1.88 bits per heavy atom. The fourth-order valence-electron chi connectivity index (χ4n) is 3.99.